The number of aromatic hydroxyl groups is 1. The molecule has 284 valence electrons. The number of ether oxygens (including phenoxy) is 2. The van der Waals surface area contributed by atoms with Crippen molar-refractivity contribution in [2.24, 2.45) is 0 Å². The molecule has 1 spiro atoms. The van der Waals surface area contributed by atoms with E-state index in [1.807, 2.05) is 64.2 Å². The molecule has 2 heterocycles. The van der Waals surface area contributed by atoms with Crippen molar-refractivity contribution >= 4 is 50.9 Å². The van der Waals surface area contributed by atoms with Gasteiger partial charge in [0, 0.05) is 24.5 Å². The summed E-state index contributed by atoms with van der Waals surface area (Å²) in [6.45, 7) is 19.6. The smallest absolute Gasteiger partial charge is 0.309 e. The maximum absolute atomic E-state index is 15.2. The molecule has 1 amide bonds. The molecular weight excluding hydrogens is 711 g/mol. The van der Waals surface area contributed by atoms with E-state index in [1.165, 1.54) is 11.0 Å². The highest BCUT2D eigenvalue weighted by Gasteiger charge is 2.74. The number of aliphatic hydroxyl groups is 1. The molecule has 1 fully saturated rings. The van der Waals surface area contributed by atoms with Crippen LogP contribution in [0.5, 0.6) is 11.5 Å². The summed E-state index contributed by atoms with van der Waals surface area (Å²) in [5, 5.41) is 24.9. The number of carbonyl (C=O) groups excluding carboxylic acids is 4. The van der Waals surface area contributed by atoms with Gasteiger partial charge >= 0.3 is 5.97 Å². The van der Waals surface area contributed by atoms with Gasteiger partial charge in [-0.15, -0.1) is 0 Å². The van der Waals surface area contributed by atoms with Crippen LogP contribution in [0.2, 0.25) is 36.3 Å². The first kappa shape index (κ1) is 38.8. The van der Waals surface area contributed by atoms with Crippen molar-refractivity contribution < 1.29 is 47.7 Å². The van der Waals surface area contributed by atoms with Crippen molar-refractivity contribution in [1.82, 2.24) is 4.90 Å². The zero-order chi connectivity index (χ0) is 39.3. The molecule has 3 atom stereocenters. The van der Waals surface area contributed by atoms with Gasteiger partial charge in [-0.05, 0) is 64.9 Å². The number of amides is 1. The summed E-state index contributed by atoms with van der Waals surface area (Å²) >= 11 is 0. The number of benzene rings is 3. The number of hydrogen-bond acceptors (Lipinski definition) is 10. The number of fused-ring (bicyclic) bond motifs is 4. The Balaban J connectivity index is 1.59. The fourth-order valence-corrected chi connectivity index (χ4v) is 9.36. The van der Waals surface area contributed by atoms with E-state index in [2.05, 4.69) is 33.9 Å². The zero-order valence-electron chi connectivity index (χ0n) is 32.6. The normalized spacial score (nSPS) is 23.5. The number of hydrogen-bond donors (Lipinski definition) is 2. The predicted octanol–water partition coefficient (Wildman–Crippen LogP) is 6.92. The van der Waals surface area contributed by atoms with Crippen molar-refractivity contribution in [3.05, 3.63) is 70.3 Å². The number of phenols is 1. The topological polar surface area (TPSA) is 149 Å². The van der Waals surface area contributed by atoms with Crippen molar-refractivity contribution in [1.29, 1.82) is 0 Å². The summed E-state index contributed by atoms with van der Waals surface area (Å²) in [6.07, 6.45) is -1.78. The standard InChI is InChI=1S/C40H51NO10Si2/c1-37(2,3)52(8,9)50-27-18-24-17-25-32(33(43)30(24)26-20-41(7)36(46)31(26)27)35(45)40(28(19-29(42)49-40)51-53(10,11)38(4,5)6)39(47,34(25)44)22-48-21-23-15-13-12-14-16-23/h12-18,28,43,47H,19-22H2,1-11H3. The number of phenolic OH excluding ortho intramolecular Hbond substituents is 1. The van der Waals surface area contributed by atoms with Crippen LogP contribution in [-0.4, -0.2) is 86.2 Å². The molecule has 13 heteroatoms. The Hall–Kier alpha value is -3.89. The van der Waals surface area contributed by atoms with Crippen molar-refractivity contribution in [3.8, 4) is 11.5 Å². The molecule has 3 aromatic rings. The van der Waals surface area contributed by atoms with Crippen LogP contribution in [0, 0.1) is 0 Å². The summed E-state index contributed by atoms with van der Waals surface area (Å²) in [6, 6.07) is 12.2. The van der Waals surface area contributed by atoms with E-state index in [0.717, 1.165) is 5.56 Å². The van der Waals surface area contributed by atoms with E-state index in [4.69, 9.17) is 18.3 Å². The van der Waals surface area contributed by atoms with Gasteiger partial charge in [0.15, 0.2) is 8.32 Å². The fourth-order valence-electron chi connectivity index (χ4n) is 7.03. The first-order chi connectivity index (χ1) is 24.4. The zero-order valence-corrected chi connectivity index (χ0v) is 34.6. The Labute approximate surface area is 312 Å². The van der Waals surface area contributed by atoms with Gasteiger partial charge in [0.2, 0.25) is 22.8 Å². The number of esters is 1. The van der Waals surface area contributed by atoms with Crippen LogP contribution in [0.4, 0.5) is 0 Å². The third-order valence-electron chi connectivity index (χ3n) is 12.1. The van der Waals surface area contributed by atoms with Crippen LogP contribution >= 0.6 is 0 Å². The van der Waals surface area contributed by atoms with Gasteiger partial charge in [0.1, 0.15) is 17.6 Å². The molecule has 3 aliphatic rings. The van der Waals surface area contributed by atoms with E-state index in [9.17, 15) is 24.6 Å². The van der Waals surface area contributed by atoms with Gasteiger partial charge in [0.05, 0.1) is 30.8 Å². The Bertz CT molecular complexity index is 2050. The largest absolute Gasteiger partial charge is 0.543 e. The number of nitrogens with zero attached hydrogens (tertiary/aromatic N) is 1. The molecule has 53 heavy (non-hydrogen) atoms. The van der Waals surface area contributed by atoms with Gasteiger partial charge in [-0.1, -0.05) is 71.9 Å². The Kier molecular flexibility index (Phi) is 9.22. The highest BCUT2D eigenvalue weighted by Crippen LogP contribution is 2.54. The monoisotopic (exact) mass is 761 g/mol. The van der Waals surface area contributed by atoms with Crippen LogP contribution in [0.15, 0.2) is 42.5 Å². The first-order valence-electron chi connectivity index (χ1n) is 18.0. The Morgan fingerprint density at radius 1 is 0.906 bits per heavy atom. The average molecular weight is 762 g/mol. The number of carbonyl (C=O) groups is 4. The van der Waals surface area contributed by atoms with Crippen LogP contribution in [0.3, 0.4) is 0 Å². The second-order valence-electron chi connectivity index (χ2n) is 17.8. The maximum Gasteiger partial charge on any atom is 0.309 e. The van der Waals surface area contributed by atoms with E-state index < -0.39 is 75.8 Å². The fraction of sp³-hybridized carbons (Fsp3) is 0.500. The molecule has 0 bridgehead atoms. The minimum Gasteiger partial charge on any atom is -0.543 e. The van der Waals surface area contributed by atoms with Crippen molar-refractivity contribution in [2.45, 2.75) is 115 Å². The van der Waals surface area contributed by atoms with Gasteiger partial charge in [-0.3, -0.25) is 19.2 Å². The van der Waals surface area contributed by atoms with Gasteiger partial charge in [-0.2, -0.15) is 0 Å². The van der Waals surface area contributed by atoms with Gasteiger partial charge < -0.3 is 33.4 Å². The summed E-state index contributed by atoms with van der Waals surface area (Å²) < 4.78 is 25.3. The molecule has 0 saturated carbocycles. The van der Waals surface area contributed by atoms with E-state index >= 15 is 4.79 Å². The van der Waals surface area contributed by atoms with Crippen molar-refractivity contribution in [2.75, 3.05) is 13.7 Å². The Morgan fingerprint density at radius 2 is 1.53 bits per heavy atom. The second-order valence-corrected chi connectivity index (χ2v) is 27.3. The highest BCUT2D eigenvalue weighted by molar-refractivity contribution is 6.75. The van der Waals surface area contributed by atoms with Crippen LogP contribution < -0.4 is 4.43 Å². The lowest BCUT2D eigenvalue weighted by Crippen LogP contribution is -2.73. The molecular formula is C40H51NO10Si2. The lowest BCUT2D eigenvalue weighted by atomic mass is 9.64. The minimum absolute atomic E-state index is 0.0138. The molecule has 2 aliphatic heterocycles. The molecule has 6 rings (SSSR count). The highest BCUT2D eigenvalue weighted by atomic mass is 28.4. The molecule has 1 saturated heterocycles. The maximum atomic E-state index is 15.2. The third kappa shape index (κ3) is 5.95. The van der Waals surface area contributed by atoms with E-state index in [0.29, 0.717) is 16.7 Å². The molecule has 0 aromatic heterocycles. The number of Topliss-reactive ketones (excluding diaryl/α,β-unsaturated/α-hetero) is 2. The summed E-state index contributed by atoms with van der Waals surface area (Å²) in [4.78, 5) is 58.7. The van der Waals surface area contributed by atoms with E-state index in [1.54, 1.807) is 13.1 Å². The minimum atomic E-state index is -2.79. The lowest BCUT2D eigenvalue weighted by molar-refractivity contribution is -0.179. The number of rotatable bonds is 8. The number of ketones is 2. The molecule has 1 aliphatic carbocycles. The lowest BCUT2D eigenvalue weighted by Gasteiger charge is -2.49. The van der Waals surface area contributed by atoms with Crippen LogP contribution in [0.25, 0.3) is 10.8 Å². The molecule has 3 unspecified atom stereocenters. The van der Waals surface area contributed by atoms with E-state index in [-0.39, 0.29) is 45.6 Å². The second kappa shape index (κ2) is 12.6. The van der Waals surface area contributed by atoms with Gasteiger partial charge in [-0.25, -0.2) is 0 Å². The van der Waals surface area contributed by atoms with Crippen molar-refractivity contribution in [3.63, 3.8) is 0 Å². The molecule has 2 N–H and O–H groups in total. The molecule has 0 radical (unpaired) electrons. The molecule has 3 aromatic carbocycles. The quantitative estimate of drug-likeness (QED) is 0.183. The Morgan fingerprint density at radius 3 is 2.13 bits per heavy atom. The summed E-state index contributed by atoms with van der Waals surface area (Å²) in [7, 11) is -3.65. The van der Waals surface area contributed by atoms with Gasteiger partial charge in [0.25, 0.3) is 14.2 Å². The molecule has 11 nitrogen and oxygen atoms in total. The third-order valence-corrected chi connectivity index (χ3v) is 21.0. The van der Waals surface area contributed by atoms with Crippen LogP contribution in [0.1, 0.15) is 90.2 Å². The summed E-state index contributed by atoms with van der Waals surface area (Å²) in [5.41, 5.74) is -4.50. The average Bonchev–Trinajstić information content (AvgIpc) is 3.53. The SMILES string of the molecule is CN1Cc2c(c(O[Si](C)(C)C(C)(C)C)cc3cc4c(c(O)c23)C(=O)C2(OC(=O)CC2O[Si](C)(C)C(C)(C)C)C(O)(COCc2ccccc2)C4=O)C1=O. The predicted molar refractivity (Wildman–Crippen MR) is 204 cm³/mol. The first-order valence-corrected chi connectivity index (χ1v) is 23.8. The summed E-state index contributed by atoms with van der Waals surface area (Å²) in [5.74, 6) is -3.29. The van der Waals surface area contributed by atoms with Crippen LogP contribution in [-0.2, 0) is 31.8 Å².